The highest BCUT2D eigenvalue weighted by atomic mass is 35.5. The van der Waals surface area contributed by atoms with Gasteiger partial charge in [0.15, 0.2) is 0 Å². The first-order chi connectivity index (χ1) is 15.6. The normalized spacial score (nSPS) is 11.7. The Bertz CT molecular complexity index is 1250. The maximum atomic E-state index is 13.5. The van der Waals surface area contributed by atoms with Crippen LogP contribution in [0, 0.1) is 6.92 Å². The van der Waals surface area contributed by atoms with Gasteiger partial charge < -0.3 is 5.32 Å². The second kappa shape index (κ2) is 10.7. The lowest BCUT2D eigenvalue weighted by atomic mass is 9.98. The van der Waals surface area contributed by atoms with Gasteiger partial charge in [0.2, 0.25) is 15.9 Å². The van der Waals surface area contributed by atoms with Gasteiger partial charge in [-0.1, -0.05) is 85.6 Å². The molecular formula is C25H26Cl2N2O3S. The zero-order chi connectivity index (χ0) is 24.2. The van der Waals surface area contributed by atoms with Crippen molar-refractivity contribution in [1.82, 2.24) is 4.31 Å². The molecule has 3 aromatic carbocycles. The molecule has 0 aliphatic carbocycles. The zero-order valence-corrected chi connectivity index (χ0v) is 21.0. The van der Waals surface area contributed by atoms with Crippen molar-refractivity contribution < 1.29 is 13.2 Å². The average molecular weight is 505 g/mol. The van der Waals surface area contributed by atoms with E-state index in [1.54, 1.807) is 12.1 Å². The summed E-state index contributed by atoms with van der Waals surface area (Å²) in [7, 11) is -4.12. The van der Waals surface area contributed by atoms with E-state index in [-0.39, 0.29) is 33.9 Å². The number of carbonyl (C=O) groups excluding carboxylic acids is 1. The van der Waals surface area contributed by atoms with Gasteiger partial charge >= 0.3 is 0 Å². The van der Waals surface area contributed by atoms with Crippen molar-refractivity contribution >= 4 is 44.8 Å². The molecule has 0 bridgehead atoms. The fourth-order valence-corrected chi connectivity index (χ4v) is 5.63. The Morgan fingerprint density at radius 3 is 2.36 bits per heavy atom. The monoisotopic (exact) mass is 504 g/mol. The molecule has 1 N–H and O–H groups in total. The summed E-state index contributed by atoms with van der Waals surface area (Å²) in [5.74, 6) is -0.251. The number of nitrogens with one attached hydrogen (secondary N) is 1. The fraction of sp³-hybridized carbons (Fsp3) is 0.240. The van der Waals surface area contributed by atoms with Gasteiger partial charge in [0.1, 0.15) is 4.90 Å². The third kappa shape index (κ3) is 6.15. The van der Waals surface area contributed by atoms with Crippen LogP contribution in [-0.4, -0.2) is 25.2 Å². The molecule has 0 saturated carbocycles. The van der Waals surface area contributed by atoms with E-state index >= 15 is 0 Å². The Morgan fingerprint density at radius 2 is 1.70 bits per heavy atom. The van der Waals surface area contributed by atoms with Gasteiger partial charge in [-0.25, -0.2) is 8.42 Å². The van der Waals surface area contributed by atoms with E-state index in [1.165, 1.54) is 18.2 Å². The second-order valence-electron chi connectivity index (χ2n) is 8.08. The topological polar surface area (TPSA) is 66.5 Å². The SMILES string of the molecule is Cc1cccc(C(C)C)c1NC(=O)CN(Cc1ccccc1)S(=O)(=O)c1cc(Cl)ccc1Cl. The molecule has 3 rings (SSSR count). The Hall–Kier alpha value is -2.38. The molecule has 0 aliphatic rings. The Balaban J connectivity index is 1.96. The van der Waals surface area contributed by atoms with E-state index in [0.717, 1.165) is 21.0 Å². The smallest absolute Gasteiger partial charge is 0.245 e. The lowest BCUT2D eigenvalue weighted by molar-refractivity contribution is -0.116. The number of anilines is 1. The highest BCUT2D eigenvalue weighted by Gasteiger charge is 2.29. The molecule has 0 unspecified atom stereocenters. The van der Waals surface area contributed by atoms with Crippen LogP contribution in [0.1, 0.15) is 36.5 Å². The summed E-state index contributed by atoms with van der Waals surface area (Å²) in [5, 5.41) is 3.20. The van der Waals surface area contributed by atoms with Crippen LogP contribution >= 0.6 is 23.2 Å². The summed E-state index contributed by atoms with van der Waals surface area (Å²) in [5.41, 5.74) is 3.34. The molecule has 3 aromatic rings. The number of aryl methyl sites for hydroxylation is 1. The van der Waals surface area contributed by atoms with Gasteiger partial charge in [-0.15, -0.1) is 0 Å². The molecule has 0 heterocycles. The van der Waals surface area contributed by atoms with E-state index in [1.807, 2.05) is 57.2 Å². The number of hydrogen-bond donors (Lipinski definition) is 1. The van der Waals surface area contributed by atoms with Crippen LogP contribution in [0.5, 0.6) is 0 Å². The predicted octanol–water partition coefficient (Wildman–Crippen LogP) is 6.25. The summed E-state index contributed by atoms with van der Waals surface area (Å²) in [6.07, 6.45) is 0. The van der Waals surface area contributed by atoms with Crippen molar-refractivity contribution in [1.29, 1.82) is 0 Å². The van der Waals surface area contributed by atoms with Crippen molar-refractivity contribution in [3.63, 3.8) is 0 Å². The highest BCUT2D eigenvalue weighted by Crippen LogP contribution is 2.30. The number of carbonyl (C=O) groups is 1. The number of amides is 1. The molecular weight excluding hydrogens is 479 g/mol. The van der Waals surface area contributed by atoms with Gasteiger partial charge in [-0.05, 0) is 47.7 Å². The number of sulfonamides is 1. The van der Waals surface area contributed by atoms with Crippen LogP contribution in [-0.2, 0) is 21.4 Å². The molecule has 5 nitrogen and oxygen atoms in total. The number of halogens is 2. The maximum absolute atomic E-state index is 13.5. The van der Waals surface area contributed by atoms with Crippen molar-refractivity contribution in [2.45, 2.75) is 38.1 Å². The fourth-order valence-electron chi connectivity index (χ4n) is 3.51. The molecule has 0 radical (unpaired) electrons. The van der Waals surface area contributed by atoms with E-state index < -0.39 is 15.9 Å². The van der Waals surface area contributed by atoms with Gasteiger partial charge in [0.05, 0.1) is 11.6 Å². The van der Waals surface area contributed by atoms with Crippen LogP contribution in [0.15, 0.2) is 71.6 Å². The third-order valence-corrected chi connectivity index (χ3v) is 7.73. The standard InChI is InChI=1S/C25H26Cl2N2O3S/c1-17(2)21-11-7-8-18(3)25(21)28-24(30)16-29(15-19-9-5-4-6-10-19)33(31,32)23-14-20(26)12-13-22(23)27/h4-14,17H,15-16H2,1-3H3,(H,28,30). The van der Waals surface area contributed by atoms with Crippen molar-refractivity contribution in [3.8, 4) is 0 Å². The largest absolute Gasteiger partial charge is 0.324 e. The predicted molar refractivity (Wildman–Crippen MR) is 134 cm³/mol. The lowest BCUT2D eigenvalue weighted by Gasteiger charge is -2.23. The van der Waals surface area contributed by atoms with Crippen LogP contribution in [0.25, 0.3) is 0 Å². The number of rotatable bonds is 8. The van der Waals surface area contributed by atoms with E-state index in [2.05, 4.69) is 5.32 Å². The summed E-state index contributed by atoms with van der Waals surface area (Å²) < 4.78 is 28.2. The lowest BCUT2D eigenvalue weighted by Crippen LogP contribution is -2.38. The van der Waals surface area contributed by atoms with E-state index in [9.17, 15) is 13.2 Å². The highest BCUT2D eigenvalue weighted by molar-refractivity contribution is 7.89. The number of hydrogen-bond acceptors (Lipinski definition) is 3. The van der Waals surface area contributed by atoms with Crippen LogP contribution in [0.4, 0.5) is 5.69 Å². The third-order valence-electron chi connectivity index (χ3n) is 5.22. The summed E-state index contributed by atoms with van der Waals surface area (Å²) in [6, 6.07) is 19.1. The number of para-hydroxylation sites is 1. The molecule has 8 heteroatoms. The van der Waals surface area contributed by atoms with Gasteiger partial charge in [-0.3, -0.25) is 4.79 Å². The first kappa shape index (κ1) is 25.2. The molecule has 0 spiro atoms. The molecule has 0 aliphatic heterocycles. The summed E-state index contributed by atoms with van der Waals surface area (Å²) in [4.78, 5) is 13.0. The molecule has 0 atom stereocenters. The quantitative estimate of drug-likeness (QED) is 0.393. The van der Waals surface area contributed by atoms with Crippen LogP contribution in [0.2, 0.25) is 10.0 Å². The molecule has 1 amide bonds. The Morgan fingerprint density at radius 1 is 1.00 bits per heavy atom. The Labute approximate surface area is 205 Å². The van der Waals surface area contributed by atoms with Crippen molar-refractivity contribution in [2.75, 3.05) is 11.9 Å². The minimum absolute atomic E-state index is 0.00421. The Kier molecular flexibility index (Phi) is 8.19. The van der Waals surface area contributed by atoms with Gasteiger partial charge in [0, 0.05) is 17.3 Å². The zero-order valence-electron chi connectivity index (χ0n) is 18.7. The first-order valence-corrected chi connectivity index (χ1v) is 12.7. The summed E-state index contributed by atoms with van der Waals surface area (Å²) >= 11 is 12.2. The van der Waals surface area contributed by atoms with Crippen molar-refractivity contribution in [3.05, 3.63) is 93.5 Å². The summed E-state index contributed by atoms with van der Waals surface area (Å²) in [6.45, 7) is 5.61. The first-order valence-electron chi connectivity index (χ1n) is 10.5. The molecule has 0 fully saturated rings. The molecule has 0 saturated heterocycles. The van der Waals surface area contributed by atoms with Crippen LogP contribution in [0.3, 0.4) is 0 Å². The van der Waals surface area contributed by atoms with E-state index in [4.69, 9.17) is 23.2 Å². The van der Waals surface area contributed by atoms with Crippen LogP contribution < -0.4 is 5.32 Å². The number of nitrogens with zero attached hydrogens (tertiary/aromatic N) is 1. The second-order valence-corrected chi connectivity index (χ2v) is 10.8. The number of benzene rings is 3. The molecule has 0 aromatic heterocycles. The minimum Gasteiger partial charge on any atom is -0.324 e. The van der Waals surface area contributed by atoms with Crippen molar-refractivity contribution in [2.24, 2.45) is 0 Å². The molecule has 174 valence electrons. The minimum atomic E-state index is -4.12. The maximum Gasteiger partial charge on any atom is 0.245 e. The van der Waals surface area contributed by atoms with Gasteiger partial charge in [0.25, 0.3) is 0 Å². The van der Waals surface area contributed by atoms with E-state index in [0.29, 0.717) is 5.69 Å². The average Bonchev–Trinajstić information content (AvgIpc) is 2.76. The molecule has 33 heavy (non-hydrogen) atoms. The van der Waals surface area contributed by atoms with Gasteiger partial charge in [-0.2, -0.15) is 4.31 Å².